The molecule has 0 heterocycles. The Morgan fingerprint density at radius 2 is 0.824 bits per heavy atom. The maximum atomic E-state index is 13.0. The van der Waals surface area contributed by atoms with Crippen molar-refractivity contribution in [1.29, 1.82) is 0 Å². The smallest absolute Gasteiger partial charge is 0.387 e. The normalized spacial score (nSPS) is 14.7. The Bertz CT molecular complexity index is 1620. The highest BCUT2D eigenvalue weighted by molar-refractivity contribution is 7.47. The van der Waals surface area contributed by atoms with Crippen molar-refractivity contribution in [2.75, 3.05) is 40.9 Å². The number of likely N-dealkylation sites (N-methyl/N-ethyl adjacent to an activating group) is 1. The summed E-state index contributed by atoms with van der Waals surface area (Å²) >= 11 is 0. The molecule has 0 aliphatic heterocycles. The molecule has 0 aliphatic rings. The zero-order valence-electron chi connectivity index (χ0n) is 48.3. The first kappa shape index (κ1) is 70.9. The van der Waals surface area contributed by atoms with Crippen LogP contribution in [0.5, 0.6) is 0 Å². The summed E-state index contributed by atoms with van der Waals surface area (Å²) in [7, 11) is 1.52. The molecule has 0 bridgehead atoms. The van der Waals surface area contributed by atoms with Crippen molar-refractivity contribution in [2.45, 2.75) is 244 Å². The highest BCUT2D eigenvalue weighted by atomic mass is 31.2. The minimum absolute atomic E-state index is 0.0445. The summed E-state index contributed by atoms with van der Waals surface area (Å²) in [6, 6.07) is -0.886. The summed E-state index contributed by atoms with van der Waals surface area (Å²) in [5, 5.41) is 13.9. The van der Waals surface area contributed by atoms with E-state index in [-0.39, 0.29) is 19.1 Å². The molecule has 3 atom stereocenters. The number of rotatable bonds is 53. The number of hydrogen-bond donors (Lipinski definition) is 3. The lowest BCUT2D eigenvalue weighted by Gasteiger charge is -2.25. The first-order valence-corrected chi connectivity index (χ1v) is 31.4. The van der Waals surface area contributed by atoms with Crippen molar-refractivity contribution in [3.8, 4) is 0 Å². The van der Waals surface area contributed by atoms with Crippen LogP contribution in [0.25, 0.3) is 0 Å². The molecule has 0 fully saturated rings. The minimum Gasteiger partial charge on any atom is -0.387 e. The van der Waals surface area contributed by atoms with Gasteiger partial charge in [-0.1, -0.05) is 245 Å². The standard InChI is InChI=1S/C65H113N2O6P/c1-6-8-10-12-14-16-18-20-22-24-26-28-30-31-32-33-34-35-37-39-41-43-45-47-49-51-53-55-57-59-65(69)66-63(62-73-74(70,71)72-61-60-67(3,4)5)64(68)58-56-54-52-50-48-46-44-42-40-38-36-29-27-25-23-21-19-17-15-13-11-9-7-2/h8,10,14,16,20,22,26,28,31-32,34-35,39-42,48,50,56,58,63-64,68H,6-7,9,11-13,15,17-19,21,23-25,27,29-30,33,36-38,43-47,49,51-55,57,59-62H2,1-5H3,(H-,66,69,70,71)/p+1/b10-8-,16-14-,22-20-,28-26-,32-31-,35-34-,41-39-,42-40+,50-48+,58-56+. The average Bonchev–Trinajstić information content (AvgIpc) is 3.36. The van der Waals surface area contributed by atoms with Crippen LogP contribution in [0.4, 0.5) is 0 Å². The van der Waals surface area contributed by atoms with Crippen molar-refractivity contribution in [2.24, 2.45) is 0 Å². The van der Waals surface area contributed by atoms with Crippen LogP contribution >= 0.6 is 7.82 Å². The molecule has 0 saturated heterocycles. The van der Waals surface area contributed by atoms with Gasteiger partial charge in [-0.05, 0) is 103 Å². The number of nitrogens with zero attached hydrogens (tertiary/aromatic N) is 1. The lowest BCUT2D eigenvalue weighted by molar-refractivity contribution is -0.870. The quantitative estimate of drug-likeness (QED) is 0.0243. The predicted octanol–water partition coefficient (Wildman–Crippen LogP) is 18.5. The number of aliphatic hydroxyl groups excluding tert-OH is 1. The number of hydrogen-bond acceptors (Lipinski definition) is 5. The molecule has 0 aromatic rings. The van der Waals surface area contributed by atoms with E-state index in [2.05, 4.69) is 129 Å². The number of carbonyl (C=O) groups excluding carboxylic acids is 1. The van der Waals surface area contributed by atoms with Crippen molar-refractivity contribution in [3.05, 3.63) is 122 Å². The molecular formula is C65H114N2O6P+. The van der Waals surface area contributed by atoms with Gasteiger partial charge < -0.3 is 19.8 Å². The summed E-state index contributed by atoms with van der Waals surface area (Å²) in [5.41, 5.74) is 0. The van der Waals surface area contributed by atoms with Crippen LogP contribution < -0.4 is 5.32 Å². The maximum Gasteiger partial charge on any atom is 0.472 e. The van der Waals surface area contributed by atoms with E-state index < -0.39 is 20.0 Å². The van der Waals surface area contributed by atoms with Crippen LogP contribution in [0.1, 0.15) is 232 Å². The molecule has 0 spiro atoms. The zero-order valence-corrected chi connectivity index (χ0v) is 49.2. The van der Waals surface area contributed by atoms with E-state index in [1.807, 2.05) is 27.2 Å². The van der Waals surface area contributed by atoms with E-state index in [0.717, 1.165) is 103 Å². The second-order valence-electron chi connectivity index (χ2n) is 21.0. The molecule has 74 heavy (non-hydrogen) atoms. The first-order valence-electron chi connectivity index (χ1n) is 29.9. The minimum atomic E-state index is -4.37. The summed E-state index contributed by atoms with van der Waals surface area (Å²) in [6.45, 7) is 4.66. The van der Waals surface area contributed by atoms with Crippen LogP contribution in [-0.2, 0) is 18.4 Å². The highest BCUT2D eigenvalue weighted by Gasteiger charge is 2.27. The van der Waals surface area contributed by atoms with Gasteiger partial charge in [0.15, 0.2) is 0 Å². The monoisotopic (exact) mass is 1050 g/mol. The fourth-order valence-corrected chi connectivity index (χ4v) is 8.73. The number of carbonyl (C=O) groups is 1. The maximum absolute atomic E-state index is 13.0. The molecule has 0 rings (SSSR count). The number of aliphatic hydroxyl groups is 1. The third-order valence-corrected chi connectivity index (χ3v) is 13.6. The van der Waals surface area contributed by atoms with Crippen LogP contribution in [0.3, 0.4) is 0 Å². The number of nitrogens with one attached hydrogen (secondary N) is 1. The largest absolute Gasteiger partial charge is 0.472 e. The predicted molar refractivity (Wildman–Crippen MR) is 322 cm³/mol. The fraction of sp³-hybridized carbons (Fsp3) is 0.677. The summed E-state index contributed by atoms with van der Waals surface area (Å²) in [5.74, 6) is -0.207. The van der Waals surface area contributed by atoms with Gasteiger partial charge in [-0.2, -0.15) is 0 Å². The van der Waals surface area contributed by atoms with Gasteiger partial charge in [-0.25, -0.2) is 4.57 Å². The van der Waals surface area contributed by atoms with Gasteiger partial charge in [0.1, 0.15) is 13.2 Å². The van der Waals surface area contributed by atoms with Crippen LogP contribution in [0.15, 0.2) is 122 Å². The zero-order chi connectivity index (χ0) is 54.2. The lowest BCUT2D eigenvalue weighted by atomic mass is 10.0. The van der Waals surface area contributed by atoms with E-state index in [9.17, 15) is 19.4 Å². The number of allylic oxidation sites excluding steroid dienone is 19. The molecule has 0 aromatic heterocycles. The number of quaternary nitrogens is 1. The van der Waals surface area contributed by atoms with Crippen molar-refractivity contribution < 1.29 is 32.9 Å². The molecule has 8 nitrogen and oxygen atoms in total. The van der Waals surface area contributed by atoms with Crippen molar-refractivity contribution >= 4 is 13.7 Å². The third-order valence-electron chi connectivity index (χ3n) is 12.6. The SMILES string of the molecule is CC/C=C\C/C=C\C/C=C\C/C=C\C/C=C\C/C=C\C/C=C\CCCCCCCCCC(=O)NC(COP(=O)(O)OCC[N+](C)(C)C)C(O)/C=C/CC/C=C/CC/C=C/CCCCCCCCCCCCCCC. The van der Waals surface area contributed by atoms with E-state index in [0.29, 0.717) is 17.4 Å². The van der Waals surface area contributed by atoms with Gasteiger partial charge in [0.05, 0.1) is 39.9 Å². The Morgan fingerprint density at radius 1 is 0.473 bits per heavy atom. The van der Waals surface area contributed by atoms with Crippen LogP contribution in [0.2, 0.25) is 0 Å². The van der Waals surface area contributed by atoms with Gasteiger partial charge in [-0.15, -0.1) is 0 Å². The Labute approximate surface area is 456 Å². The number of phosphoric acid groups is 1. The van der Waals surface area contributed by atoms with E-state index in [1.54, 1.807) is 6.08 Å². The molecule has 9 heteroatoms. The average molecular weight is 1050 g/mol. The van der Waals surface area contributed by atoms with Crippen molar-refractivity contribution in [1.82, 2.24) is 5.32 Å². The van der Waals surface area contributed by atoms with Crippen LogP contribution in [-0.4, -0.2) is 73.4 Å². The Hall–Kier alpha value is -3.10. The highest BCUT2D eigenvalue weighted by Crippen LogP contribution is 2.43. The molecule has 3 N–H and O–H groups in total. The fourth-order valence-electron chi connectivity index (χ4n) is 7.99. The topological polar surface area (TPSA) is 105 Å². The van der Waals surface area contributed by atoms with Crippen molar-refractivity contribution in [3.63, 3.8) is 0 Å². The van der Waals surface area contributed by atoms with Gasteiger partial charge in [0, 0.05) is 6.42 Å². The molecule has 0 aromatic carbocycles. The van der Waals surface area contributed by atoms with Gasteiger partial charge in [0.25, 0.3) is 0 Å². The Balaban J connectivity index is 4.33. The molecule has 3 unspecified atom stereocenters. The lowest BCUT2D eigenvalue weighted by Crippen LogP contribution is -2.45. The third kappa shape index (κ3) is 56.6. The molecule has 0 radical (unpaired) electrons. The number of unbranched alkanes of at least 4 members (excludes halogenated alkanes) is 22. The molecule has 424 valence electrons. The second kappa shape index (κ2) is 54.7. The van der Waals surface area contributed by atoms with Gasteiger partial charge in [0.2, 0.25) is 5.91 Å². The molecule has 0 aliphatic carbocycles. The molecule has 0 saturated carbocycles. The Morgan fingerprint density at radius 3 is 1.24 bits per heavy atom. The van der Waals surface area contributed by atoms with E-state index in [1.165, 1.54) is 109 Å². The first-order chi connectivity index (χ1) is 36.0. The summed E-state index contributed by atoms with van der Waals surface area (Å²) in [6.07, 6.45) is 81.6. The molecular weight excluding hydrogens is 936 g/mol. The summed E-state index contributed by atoms with van der Waals surface area (Å²) in [4.78, 5) is 23.3. The Kier molecular flexibility index (Phi) is 52.4. The number of phosphoric ester groups is 1. The van der Waals surface area contributed by atoms with E-state index >= 15 is 0 Å². The second-order valence-corrected chi connectivity index (χ2v) is 22.4. The summed E-state index contributed by atoms with van der Waals surface area (Å²) < 4.78 is 23.7. The molecule has 1 amide bonds. The van der Waals surface area contributed by atoms with Gasteiger partial charge >= 0.3 is 7.82 Å². The van der Waals surface area contributed by atoms with Crippen LogP contribution in [0, 0.1) is 0 Å². The van der Waals surface area contributed by atoms with E-state index in [4.69, 9.17) is 9.05 Å². The van der Waals surface area contributed by atoms with Gasteiger partial charge in [-0.3, -0.25) is 13.8 Å². The number of amides is 1.